The lowest BCUT2D eigenvalue weighted by atomic mass is 9.77. The van der Waals surface area contributed by atoms with Crippen molar-refractivity contribution in [2.45, 2.75) is 193 Å². The van der Waals surface area contributed by atoms with Gasteiger partial charge in [0.1, 0.15) is 0 Å². The van der Waals surface area contributed by atoms with Crippen LogP contribution >= 0.6 is 9.24 Å². The molecule has 0 radical (unpaired) electrons. The highest BCUT2D eigenvalue weighted by atomic mass is 31.0. The fourth-order valence-electron chi connectivity index (χ4n) is 5.53. The van der Waals surface area contributed by atoms with Crippen LogP contribution < -0.4 is 0 Å². The van der Waals surface area contributed by atoms with Crippen molar-refractivity contribution in [1.29, 1.82) is 0 Å². The van der Waals surface area contributed by atoms with E-state index in [0.717, 1.165) is 5.92 Å². The van der Waals surface area contributed by atoms with Gasteiger partial charge in [0.2, 0.25) is 0 Å². The molecule has 0 aliphatic heterocycles. The van der Waals surface area contributed by atoms with Crippen LogP contribution in [0.5, 0.6) is 0 Å². The van der Waals surface area contributed by atoms with E-state index >= 15 is 0 Å². The van der Waals surface area contributed by atoms with Gasteiger partial charge < -0.3 is 0 Å². The van der Waals surface area contributed by atoms with Crippen molar-refractivity contribution >= 4 is 9.24 Å². The molecular weight excluding hydrogens is 403 g/mol. The van der Waals surface area contributed by atoms with Crippen LogP contribution in [0.4, 0.5) is 0 Å². The van der Waals surface area contributed by atoms with Gasteiger partial charge >= 0.3 is 0 Å². The molecule has 0 aromatic carbocycles. The van der Waals surface area contributed by atoms with Crippen molar-refractivity contribution in [1.82, 2.24) is 0 Å². The number of hydrogen-bond donors (Lipinski definition) is 0. The van der Waals surface area contributed by atoms with E-state index < -0.39 is 0 Å². The minimum absolute atomic E-state index is 0.524. The minimum atomic E-state index is 0.524. The average molecular weight is 469 g/mol. The molecule has 2 unspecified atom stereocenters. The molecular formula is C31H65P. The minimum Gasteiger partial charge on any atom is -0.131 e. The molecule has 0 amide bonds. The van der Waals surface area contributed by atoms with Gasteiger partial charge in [-0.2, -0.15) is 0 Å². The van der Waals surface area contributed by atoms with Crippen LogP contribution in [0.3, 0.4) is 0 Å². The van der Waals surface area contributed by atoms with Gasteiger partial charge in [0, 0.05) is 0 Å². The molecule has 0 rings (SSSR count). The Morgan fingerprint density at radius 3 is 1.09 bits per heavy atom. The molecule has 0 saturated heterocycles. The maximum absolute atomic E-state index is 3.45. The van der Waals surface area contributed by atoms with Crippen LogP contribution in [0.25, 0.3) is 0 Å². The fourth-order valence-corrected chi connectivity index (χ4v) is 6.27. The summed E-state index contributed by atoms with van der Waals surface area (Å²) in [7, 11) is 3.45. The molecule has 0 aromatic heterocycles. The lowest BCUT2D eigenvalue weighted by Crippen LogP contribution is -2.32. The standard InChI is InChI=1S/C31H65P/c1-5-9-13-14-15-16-17-18-19-20-21-23-27-30(26-22-10-6-2)31(32,28-24-11-7-3)29-25-12-8-4/h30H,5-29,32H2,1-4H3. The van der Waals surface area contributed by atoms with Gasteiger partial charge in [-0.15, -0.1) is 9.24 Å². The smallest absolute Gasteiger partial charge is 0.0122 e. The van der Waals surface area contributed by atoms with Gasteiger partial charge in [0.05, 0.1) is 0 Å². The summed E-state index contributed by atoms with van der Waals surface area (Å²) in [6.07, 6.45) is 36.1. The fraction of sp³-hybridized carbons (Fsp3) is 1.00. The van der Waals surface area contributed by atoms with E-state index in [4.69, 9.17) is 0 Å². The topological polar surface area (TPSA) is 0 Å². The predicted molar refractivity (Wildman–Crippen MR) is 154 cm³/mol. The van der Waals surface area contributed by atoms with Crippen LogP contribution in [0.15, 0.2) is 0 Å². The van der Waals surface area contributed by atoms with E-state index in [1.54, 1.807) is 0 Å². The molecule has 0 aliphatic carbocycles. The van der Waals surface area contributed by atoms with Crippen LogP contribution in [0.1, 0.15) is 188 Å². The molecule has 32 heavy (non-hydrogen) atoms. The third kappa shape index (κ3) is 18.8. The summed E-state index contributed by atoms with van der Waals surface area (Å²) in [5, 5.41) is 0.524. The van der Waals surface area contributed by atoms with Crippen molar-refractivity contribution < 1.29 is 0 Å². The average Bonchev–Trinajstić information content (AvgIpc) is 2.79. The Morgan fingerprint density at radius 1 is 0.406 bits per heavy atom. The third-order valence-corrected chi connectivity index (χ3v) is 8.92. The van der Waals surface area contributed by atoms with Crippen LogP contribution in [0, 0.1) is 5.92 Å². The summed E-state index contributed by atoms with van der Waals surface area (Å²) in [6.45, 7) is 9.38. The largest absolute Gasteiger partial charge is 0.131 e. The summed E-state index contributed by atoms with van der Waals surface area (Å²) in [5.74, 6) is 0.941. The van der Waals surface area contributed by atoms with E-state index in [1.807, 2.05) is 0 Å². The SMILES string of the molecule is CCCCCCCCCCCCCCC(CCCCC)C(P)(CCCCC)CCCCC. The second kappa shape index (κ2) is 24.6. The summed E-state index contributed by atoms with van der Waals surface area (Å²) >= 11 is 0. The highest BCUT2D eigenvalue weighted by Crippen LogP contribution is 2.43. The Balaban J connectivity index is 4.31. The van der Waals surface area contributed by atoms with E-state index in [9.17, 15) is 0 Å². The third-order valence-electron chi connectivity index (χ3n) is 7.87. The van der Waals surface area contributed by atoms with Crippen LogP contribution in [0.2, 0.25) is 0 Å². The molecule has 0 aliphatic rings. The van der Waals surface area contributed by atoms with Gasteiger partial charge in [0.25, 0.3) is 0 Å². The highest BCUT2D eigenvalue weighted by molar-refractivity contribution is 7.19. The number of hydrogen-bond acceptors (Lipinski definition) is 0. The predicted octanol–water partition coefficient (Wildman–Crippen LogP) is 12.0. The van der Waals surface area contributed by atoms with Crippen molar-refractivity contribution in [3.05, 3.63) is 0 Å². The zero-order valence-electron chi connectivity index (χ0n) is 23.3. The first-order chi connectivity index (χ1) is 15.6. The van der Waals surface area contributed by atoms with E-state index in [2.05, 4.69) is 36.9 Å². The molecule has 0 aromatic rings. The van der Waals surface area contributed by atoms with Gasteiger partial charge in [0.15, 0.2) is 0 Å². The summed E-state index contributed by atoms with van der Waals surface area (Å²) in [4.78, 5) is 0. The maximum atomic E-state index is 3.45. The first-order valence-electron chi connectivity index (χ1n) is 15.4. The Labute approximate surface area is 208 Å². The lowest BCUT2D eigenvalue weighted by Gasteiger charge is -2.39. The molecule has 1 heteroatoms. The molecule has 0 bridgehead atoms. The van der Waals surface area contributed by atoms with Crippen LogP contribution in [-0.4, -0.2) is 5.16 Å². The van der Waals surface area contributed by atoms with Crippen molar-refractivity contribution in [3.8, 4) is 0 Å². The second-order valence-electron chi connectivity index (χ2n) is 11.0. The van der Waals surface area contributed by atoms with Gasteiger partial charge in [-0.25, -0.2) is 0 Å². The van der Waals surface area contributed by atoms with Crippen molar-refractivity contribution in [2.75, 3.05) is 0 Å². The zero-order valence-corrected chi connectivity index (χ0v) is 24.5. The molecule has 194 valence electrons. The molecule has 0 nitrogen and oxygen atoms in total. The quantitative estimate of drug-likeness (QED) is 0.0874. The Bertz CT molecular complexity index is 340. The first kappa shape index (κ1) is 32.4. The van der Waals surface area contributed by atoms with Gasteiger partial charge in [-0.1, -0.05) is 163 Å². The zero-order chi connectivity index (χ0) is 23.8. The number of unbranched alkanes of at least 4 members (excludes halogenated alkanes) is 17. The first-order valence-corrected chi connectivity index (χ1v) is 16.0. The van der Waals surface area contributed by atoms with E-state index in [1.165, 1.54) is 161 Å². The van der Waals surface area contributed by atoms with Crippen molar-refractivity contribution in [2.24, 2.45) is 5.92 Å². The molecule has 0 saturated carbocycles. The summed E-state index contributed by atoms with van der Waals surface area (Å²) in [5.41, 5.74) is 0. The number of rotatable bonds is 26. The molecule has 0 heterocycles. The van der Waals surface area contributed by atoms with E-state index in [0.29, 0.717) is 5.16 Å². The van der Waals surface area contributed by atoms with Gasteiger partial charge in [-0.05, 0) is 36.8 Å². The monoisotopic (exact) mass is 468 g/mol. The Morgan fingerprint density at radius 2 is 0.688 bits per heavy atom. The Hall–Kier alpha value is 0.430. The van der Waals surface area contributed by atoms with Gasteiger partial charge in [-0.3, -0.25) is 0 Å². The maximum Gasteiger partial charge on any atom is -0.0122 e. The summed E-state index contributed by atoms with van der Waals surface area (Å²) in [6, 6.07) is 0. The van der Waals surface area contributed by atoms with E-state index in [-0.39, 0.29) is 0 Å². The molecule has 2 atom stereocenters. The molecule has 0 N–H and O–H groups in total. The summed E-state index contributed by atoms with van der Waals surface area (Å²) < 4.78 is 0. The second-order valence-corrected chi connectivity index (χ2v) is 12.2. The normalized spacial score (nSPS) is 13.0. The lowest BCUT2D eigenvalue weighted by molar-refractivity contribution is 0.271. The molecule has 0 spiro atoms. The van der Waals surface area contributed by atoms with Crippen LogP contribution in [-0.2, 0) is 0 Å². The highest BCUT2D eigenvalue weighted by Gasteiger charge is 2.32. The van der Waals surface area contributed by atoms with Crippen molar-refractivity contribution in [3.63, 3.8) is 0 Å². The Kier molecular flexibility index (Phi) is 24.9. The molecule has 0 fully saturated rings.